The number of hydrogen-bond donors (Lipinski definition) is 1. The average Bonchev–Trinajstić information content (AvgIpc) is 2.17. The number of hydrogen-bond acceptors (Lipinski definition) is 2. The van der Waals surface area contributed by atoms with Gasteiger partial charge in [0.1, 0.15) is 0 Å². The molecule has 0 aliphatic rings. The minimum absolute atomic E-state index is 0.954. The third-order valence-electron chi connectivity index (χ3n) is 1.78. The van der Waals surface area contributed by atoms with Gasteiger partial charge in [0, 0.05) is 10.2 Å². The molecule has 0 aliphatic heterocycles. The molecule has 5 heteroatoms. The number of rotatable bonds is 4. The topological polar surface area (TPSA) is 0 Å². The van der Waals surface area contributed by atoms with Crippen molar-refractivity contribution in [2.45, 2.75) is 12.7 Å². The molecule has 1 aromatic carbocycles. The van der Waals surface area contributed by atoms with Crippen molar-refractivity contribution in [3.8, 4) is 0 Å². The second kappa shape index (κ2) is 5.95. The molecule has 78 valence electrons. The molecule has 0 spiro atoms. The maximum atomic E-state index is 5.41. The largest absolute Gasteiger partial charge is 0.131 e. The molecule has 1 rings (SSSR count). The second-order valence-electron chi connectivity index (χ2n) is 2.82. The van der Waals surface area contributed by atoms with Crippen molar-refractivity contribution in [2.24, 2.45) is 0 Å². The van der Waals surface area contributed by atoms with Crippen LogP contribution in [0.15, 0.2) is 28.7 Å². The lowest BCUT2D eigenvalue weighted by atomic mass is 10.2. The highest BCUT2D eigenvalue weighted by molar-refractivity contribution is 9.10. The van der Waals surface area contributed by atoms with E-state index in [1.807, 2.05) is 6.07 Å². The van der Waals surface area contributed by atoms with Gasteiger partial charge < -0.3 is 0 Å². The van der Waals surface area contributed by atoms with Crippen molar-refractivity contribution in [3.05, 3.63) is 34.3 Å². The zero-order valence-electron chi connectivity index (χ0n) is 7.81. The molecule has 0 saturated carbocycles. The van der Waals surface area contributed by atoms with Crippen LogP contribution in [-0.4, -0.2) is 6.16 Å². The predicted molar refractivity (Wildman–Crippen MR) is 79.2 cm³/mol. The summed E-state index contributed by atoms with van der Waals surface area (Å²) in [6, 6.07) is 8.25. The zero-order valence-corrected chi connectivity index (χ0v) is 12.8. The van der Waals surface area contributed by atoms with Crippen LogP contribution in [0.25, 0.3) is 0 Å². The summed E-state index contributed by atoms with van der Waals surface area (Å²) in [5.41, 5.74) is 1.30. The summed E-state index contributed by atoms with van der Waals surface area (Å²) in [5.74, 6) is 0.954. The van der Waals surface area contributed by atoms with Gasteiger partial charge in [-0.05, 0) is 17.8 Å². The SMILES string of the molecule is CCP(=S)(S)SCc1ccccc1Br. The molecule has 14 heavy (non-hydrogen) atoms. The Bertz CT molecular complexity index is 354. The van der Waals surface area contributed by atoms with Crippen molar-refractivity contribution in [1.29, 1.82) is 0 Å². The van der Waals surface area contributed by atoms with E-state index in [4.69, 9.17) is 11.8 Å². The maximum absolute atomic E-state index is 5.41. The molecule has 0 nitrogen and oxygen atoms in total. The van der Waals surface area contributed by atoms with E-state index in [1.54, 1.807) is 11.4 Å². The Balaban J connectivity index is 2.63. The quantitative estimate of drug-likeness (QED) is 0.614. The highest BCUT2D eigenvalue weighted by Crippen LogP contribution is 2.63. The molecule has 0 aliphatic carbocycles. The molecule has 0 radical (unpaired) electrons. The lowest BCUT2D eigenvalue weighted by molar-refractivity contribution is 1.39. The lowest BCUT2D eigenvalue weighted by Gasteiger charge is -2.12. The molecule has 0 amide bonds. The van der Waals surface area contributed by atoms with Crippen LogP contribution in [0.1, 0.15) is 12.5 Å². The Labute approximate surface area is 108 Å². The van der Waals surface area contributed by atoms with Crippen LogP contribution in [0.2, 0.25) is 0 Å². The molecule has 1 unspecified atom stereocenters. The minimum atomic E-state index is -1.44. The van der Waals surface area contributed by atoms with Gasteiger partial charge in [0.05, 0.1) is 4.44 Å². The van der Waals surface area contributed by atoms with Crippen molar-refractivity contribution >= 4 is 55.8 Å². The first-order valence-electron chi connectivity index (χ1n) is 4.25. The third kappa shape index (κ3) is 4.28. The summed E-state index contributed by atoms with van der Waals surface area (Å²) in [4.78, 5) is 0. The Morgan fingerprint density at radius 2 is 2.14 bits per heavy atom. The van der Waals surface area contributed by atoms with Gasteiger partial charge in [-0.3, -0.25) is 0 Å². The number of benzene rings is 1. The first kappa shape index (κ1) is 13.1. The summed E-state index contributed by atoms with van der Waals surface area (Å²) >= 11 is 15.3. The van der Waals surface area contributed by atoms with Crippen LogP contribution in [0, 0.1) is 0 Å². The van der Waals surface area contributed by atoms with E-state index in [0.29, 0.717) is 0 Å². The first-order valence-corrected chi connectivity index (χ1v) is 10.8. The predicted octanol–water partition coefficient (Wildman–Crippen LogP) is 4.94. The van der Waals surface area contributed by atoms with E-state index in [2.05, 4.69) is 53.3 Å². The Kier molecular flexibility index (Phi) is 5.58. The number of halogens is 1. The summed E-state index contributed by atoms with van der Waals surface area (Å²) in [6.45, 7) is 2.11. The number of thiol groups is 1. The molecule has 1 aromatic rings. The van der Waals surface area contributed by atoms with Gasteiger partial charge in [-0.15, -0.1) is 23.6 Å². The van der Waals surface area contributed by atoms with Gasteiger partial charge in [0.15, 0.2) is 0 Å². The fourth-order valence-electron chi connectivity index (χ4n) is 0.877. The lowest BCUT2D eigenvalue weighted by Crippen LogP contribution is -1.81. The van der Waals surface area contributed by atoms with Crippen molar-refractivity contribution < 1.29 is 0 Å². The van der Waals surface area contributed by atoms with Gasteiger partial charge in [-0.1, -0.05) is 52.9 Å². The molecule has 0 bridgehead atoms. The summed E-state index contributed by atoms with van der Waals surface area (Å²) in [5, 5.41) is 0. The van der Waals surface area contributed by atoms with Crippen LogP contribution < -0.4 is 0 Å². The highest BCUT2D eigenvalue weighted by atomic mass is 79.9. The molecule has 0 aromatic heterocycles. The van der Waals surface area contributed by atoms with E-state index in [9.17, 15) is 0 Å². The molecular weight excluding hydrogens is 315 g/mol. The monoisotopic (exact) mass is 326 g/mol. The third-order valence-corrected chi connectivity index (χ3v) is 10.2. The fourth-order valence-corrected chi connectivity index (χ4v) is 4.83. The zero-order chi connectivity index (χ0) is 10.6. The Hall–Kier alpha value is 1.05. The molecule has 0 fully saturated rings. The maximum Gasteiger partial charge on any atom is 0.0543 e. The van der Waals surface area contributed by atoms with Crippen molar-refractivity contribution in [1.82, 2.24) is 0 Å². The van der Waals surface area contributed by atoms with Gasteiger partial charge in [0.25, 0.3) is 0 Å². The van der Waals surface area contributed by atoms with E-state index >= 15 is 0 Å². The fraction of sp³-hybridized carbons (Fsp3) is 0.333. The van der Waals surface area contributed by atoms with Gasteiger partial charge >= 0.3 is 0 Å². The molecule has 0 N–H and O–H groups in total. The van der Waals surface area contributed by atoms with Crippen LogP contribution in [-0.2, 0) is 17.6 Å². The molecule has 0 saturated heterocycles. The smallest absolute Gasteiger partial charge is 0.0543 e. The second-order valence-corrected chi connectivity index (χ2v) is 15.0. The van der Waals surface area contributed by atoms with E-state index in [1.165, 1.54) is 5.56 Å². The Morgan fingerprint density at radius 1 is 1.50 bits per heavy atom. The van der Waals surface area contributed by atoms with Gasteiger partial charge in [0.2, 0.25) is 0 Å². The summed E-state index contributed by atoms with van der Waals surface area (Å²) in [7, 11) is 0. The van der Waals surface area contributed by atoms with Crippen LogP contribution >= 0.6 is 44.0 Å². The van der Waals surface area contributed by atoms with Crippen molar-refractivity contribution in [3.63, 3.8) is 0 Å². The molecule has 0 heterocycles. The van der Waals surface area contributed by atoms with E-state index in [0.717, 1.165) is 16.4 Å². The normalized spacial score (nSPS) is 15.1. The molecular formula is C9H12BrPS3. The Morgan fingerprint density at radius 3 is 2.71 bits per heavy atom. The standard InChI is InChI=1S/C9H12BrPS3/c1-2-11(12,13)14-7-8-5-3-4-6-9(8)10/h3-6H,2,7H2,1H3,(H,12,13). The summed E-state index contributed by atoms with van der Waals surface area (Å²) in [6.07, 6.45) is 1.00. The molecule has 1 atom stereocenters. The average molecular weight is 327 g/mol. The van der Waals surface area contributed by atoms with Crippen LogP contribution in [0.5, 0.6) is 0 Å². The van der Waals surface area contributed by atoms with E-state index in [-0.39, 0.29) is 0 Å². The first-order chi connectivity index (χ1) is 6.55. The minimum Gasteiger partial charge on any atom is -0.131 e. The van der Waals surface area contributed by atoms with Crippen LogP contribution in [0.3, 0.4) is 0 Å². The van der Waals surface area contributed by atoms with Gasteiger partial charge in [-0.25, -0.2) is 0 Å². The van der Waals surface area contributed by atoms with Crippen molar-refractivity contribution in [2.75, 3.05) is 6.16 Å². The highest BCUT2D eigenvalue weighted by Gasteiger charge is 2.09. The summed E-state index contributed by atoms with van der Waals surface area (Å²) < 4.78 is -0.276. The van der Waals surface area contributed by atoms with E-state index < -0.39 is 4.44 Å². The van der Waals surface area contributed by atoms with Crippen LogP contribution in [0.4, 0.5) is 0 Å². The van der Waals surface area contributed by atoms with Gasteiger partial charge in [-0.2, -0.15) is 0 Å².